The third kappa shape index (κ3) is 4.52. The van der Waals surface area contributed by atoms with Gasteiger partial charge in [-0.2, -0.15) is 0 Å². The SMILES string of the molecule is CCc1cccc(CC)c1Nc1ncc(C(=O)NCCOC)cn1. The van der Waals surface area contributed by atoms with Gasteiger partial charge in [0.2, 0.25) is 5.95 Å². The molecule has 0 saturated heterocycles. The standard InChI is InChI=1S/C18H24N4O2/c1-4-13-7-6-8-14(5-2)16(13)22-18-20-11-15(12-21-18)17(23)19-9-10-24-3/h6-8,11-12H,4-5,9-10H2,1-3H3,(H,19,23)(H,20,21,22). The molecular formula is C18H24N4O2. The minimum absolute atomic E-state index is 0.207. The number of amides is 1. The van der Waals surface area contributed by atoms with Crippen LogP contribution in [0, 0.1) is 0 Å². The molecular weight excluding hydrogens is 304 g/mol. The number of para-hydroxylation sites is 1. The molecule has 24 heavy (non-hydrogen) atoms. The van der Waals surface area contributed by atoms with E-state index in [0.29, 0.717) is 24.7 Å². The van der Waals surface area contributed by atoms with Crippen molar-refractivity contribution in [3.05, 3.63) is 47.3 Å². The predicted molar refractivity (Wildman–Crippen MR) is 94.7 cm³/mol. The lowest BCUT2D eigenvalue weighted by atomic mass is 10.0. The maximum absolute atomic E-state index is 11.9. The van der Waals surface area contributed by atoms with Crippen LogP contribution in [0.3, 0.4) is 0 Å². The lowest BCUT2D eigenvalue weighted by Crippen LogP contribution is -2.27. The maximum Gasteiger partial charge on any atom is 0.254 e. The van der Waals surface area contributed by atoms with Crippen LogP contribution >= 0.6 is 0 Å². The van der Waals surface area contributed by atoms with Crippen molar-refractivity contribution in [2.75, 3.05) is 25.6 Å². The van der Waals surface area contributed by atoms with Gasteiger partial charge in [0, 0.05) is 31.7 Å². The number of rotatable bonds is 8. The van der Waals surface area contributed by atoms with Crippen molar-refractivity contribution in [1.29, 1.82) is 0 Å². The molecule has 0 aliphatic heterocycles. The molecule has 1 amide bonds. The quantitative estimate of drug-likeness (QED) is 0.729. The first-order valence-electron chi connectivity index (χ1n) is 8.16. The van der Waals surface area contributed by atoms with E-state index in [2.05, 4.69) is 52.6 Å². The molecule has 128 valence electrons. The first-order valence-corrected chi connectivity index (χ1v) is 8.16. The Hall–Kier alpha value is -2.47. The summed E-state index contributed by atoms with van der Waals surface area (Å²) in [6, 6.07) is 6.26. The molecule has 0 bridgehead atoms. The summed E-state index contributed by atoms with van der Waals surface area (Å²) in [5, 5.41) is 6.03. The number of anilines is 2. The fourth-order valence-electron chi connectivity index (χ4n) is 2.39. The summed E-state index contributed by atoms with van der Waals surface area (Å²) in [7, 11) is 1.59. The number of nitrogens with one attached hydrogen (secondary N) is 2. The highest BCUT2D eigenvalue weighted by Crippen LogP contribution is 2.24. The molecule has 0 radical (unpaired) electrons. The van der Waals surface area contributed by atoms with Gasteiger partial charge in [0.15, 0.2) is 0 Å². The van der Waals surface area contributed by atoms with Gasteiger partial charge in [-0.05, 0) is 24.0 Å². The van der Waals surface area contributed by atoms with Crippen LogP contribution < -0.4 is 10.6 Å². The molecule has 6 heteroatoms. The number of carbonyl (C=O) groups excluding carboxylic acids is 1. The van der Waals surface area contributed by atoms with Gasteiger partial charge in [-0.3, -0.25) is 4.79 Å². The summed E-state index contributed by atoms with van der Waals surface area (Å²) in [4.78, 5) is 20.4. The highest BCUT2D eigenvalue weighted by Gasteiger charge is 2.10. The van der Waals surface area contributed by atoms with Gasteiger partial charge in [0.1, 0.15) is 0 Å². The topological polar surface area (TPSA) is 76.1 Å². The number of hydrogen-bond acceptors (Lipinski definition) is 5. The first kappa shape index (κ1) is 17.9. The number of aryl methyl sites for hydroxylation is 2. The lowest BCUT2D eigenvalue weighted by molar-refractivity contribution is 0.0936. The van der Waals surface area contributed by atoms with Gasteiger partial charge in [-0.15, -0.1) is 0 Å². The Bertz CT molecular complexity index is 649. The third-order valence-corrected chi connectivity index (χ3v) is 3.74. The normalized spacial score (nSPS) is 10.5. The summed E-state index contributed by atoms with van der Waals surface area (Å²) in [6.45, 7) is 5.17. The van der Waals surface area contributed by atoms with Gasteiger partial charge in [0.05, 0.1) is 12.2 Å². The molecule has 2 N–H and O–H groups in total. The fraction of sp³-hybridized carbons (Fsp3) is 0.389. The lowest BCUT2D eigenvalue weighted by Gasteiger charge is -2.14. The number of benzene rings is 1. The number of nitrogens with zero attached hydrogens (tertiary/aromatic N) is 2. The molecule has 0 spiro atoms. The van der Waals surface area contributed by atoms with Gasteiger partial charge in [0.25, 0.3) is 5.91 Å². The van der Waals surface area contributed by atoms with E-state index >= 15 is 0 Å². The van der Waals surface area contributed by atoms with Crippen LogP contribution in [0.2, 0.25) is 0 Å². The molecule has 1 aromatic carbocycles. The van der Waals surface area contributed by atoms with Crippen molar-refractivity contribution in [2.24, 2.45) is 0 Å². The zero-order valence-corrected chi connectivity index (χ0v) is 14.4. The first-order chi connectivity index (χ1) is 11.7. The van der Waals surface area contributed by atoms with E-state index in [9.17, 15) is 4.79 Å². The van der Waals surface area contributed by atoms with Crippen molar-refractivity contribution in [1.82, 2.24) is 15.3 Å². The van der Waals surface area contributed by atoms with E-state index in [4.69, 9.17) is 4.74 Å². The second kappa shape index (κ2) is 8.98. The Morgan fingerprint density at radius 2 is 1.75 bits per heavy atom. The second-order valence-corrected chi connectivity index (χ2v) is 5.33. The van der Waals surface area contributed by atoms with Crippen molar-refractivity contribution < 1.29 is 9.53 Å². The van der Waals surface area contributed by atoms with Crippen LogP contribution in [0.1, 0.15) is 35.3 Å². The van der Waals surface area contributed by atoms with Gasteiger partial charge in [-0.25, -0.2) is 9.97 Å². The van der Waals surface area contributed by atoms with Crippen molar-refractivity contribution >= 4 is 17.5 Å². The molecule has 6 nitrogen and oxygen atoms in total. The Morgan fingerprint density at radius 3 is 2.29 bits per heavy atom. The molecule has 0 saturated carbocycles. The van der Waals surface area contributed by atoms with Crippen LogP contribution in [0.5, 0.6) is 0 Å². The summed E-state index contributed by atoms with van der Waals surface area (Å²) in [5.74, 6) is 0.279. The Kier molecular flexibility index (Phi) is 6.69. The van der Waals surface area contributed by atoms with Gasteiger partial charge >= 0.3 is 0 Å². The number of ether oxygens (including phenoxy) is 1. The van der Waals surface area contributed by atoms with Crippen LogP contribution in [0.15, 0.2) is 30.6 Å². The monoisotopic (exact) mass is 328 g/mol. The van der Waals surface area contributed by atoms with Crippen molar-refractivity contribution in [3.8, 4) is 0 Å². The molecule has 0 aliphatic rings. The van der Waals surface area contributed by atoms with Crippen molar-refractivity contribution in [3.63, 3.8) is 0 Å². The molecule has 2 aromatic rings. The summed E-state index contributed by atoms with van der Waals surface area (Å²) in [5.41, 5.74) is 3.93. The van der Waals surface area contributed by atoms with E-state index in [1.807, 2.05) is 0 Å². The minimum Gasteiger partial charge on any atom is -0.383 e. The minimum atomic E-state index is -0.207. The maximum atomic E-state index is 11.9. The molecule has 0 fully saturated rings. The van der Waals surface area contributed by atoms with Crippen LogP contribution in [-0.2, 0) is 17.6 Å². The third-order valence-electron chi connectivity index (χ3n) is 3.74. The Labute approximate surface area is 142 Å². The van der Waals surface area contributed by atoms with Crippen LogP contribution in [0.25, 0.3) is 0 Å². The number of carbonyl (C=O) groups is 1. The largest absolute Gasteiger partial charge is 0.383 e. The molecule has 0 atom stereocenters. The van der Waals surface area contributed by atoms with E-state index < -0.39 is 0 Å². The molecule has 1 aromatic heterocycles. The van der Waals surface area contributed by atoms with E-state index in [1.54, 1.807) is 7.11 Å². The highest BCUT2D eigenvalue weighted by atomic mass is 16.5. The van der Waals surface area contributed by atoms with E-state index in [0.717, 1.165) is 18.5 Å². The van der Waals surface area contributed by atoms with Crippen LogP contribution in [0.4, 0.5) is 11.6 Å². The fourth-order valence-corrected chi connectivity index (χ4v) is 2.39. The highest BCUT2D eigenvalue weighted by molar-refractivity contribution is 5.93. The average Bonchev–Trinajstić information content (AvgIpc) is 2.62. The predicted octanol–water partition coefficient (Wildman–Crippen LogP) is 2.72. The van der Waals surface area contributed by atoms with Crippen LogP contribution in [-0.4, -0.2) is 36.1 Å². The summed E-state index contributed by atoms with van der Waals surface area (Å²) in [6.07, 6.45) is 4.90. The van der Waals surface area contributed by atoms with Crippen molar-refractivity contribution in [2.45, 2.75) is 26.7 Å². The van der Waals surface area contributed by atoms with E-state index in [-0.39, 0.29) is 5.91 Å². The summed E-state index contributed by atoms with van der Waals surface area (Å²) < 4.78 is 4.90. The van der Waals surface area contributed by atoms with Gasteiger partial charge < -0.3 is 15.4 Å². The smallest absolute Gasteiger partial charge is 0.254 e. The number of aromatic nitrogens is 2. The van der Waals surface area contributed by atoms with Gasteiger partial charge in [-0.1, -0.05) is 32.0 Å². The second-order valence-electron chi connectivity index (χ2n) is 5.33. The number of methoxy groups -OCH3 is 1. The number of hydrogen-bond donors (Lipinski definition) is 2. The average molecular weight is 328 g/mol. The molecule has 0 unspecified atom stereocenters. The molecule has 0 aliphatic carbocycles. The summed E-state index contributed by atoms with van der Waals surface area (Å²) >= 11 is 0. The zero-order valence-electron chi connectivity index (χ0n) is 14.4. The molecule has 1 heterocycles. The van der Waals surface area contributed by atoms with E-state index in [1.165, 1.54) is 23.5 Å². The Morgan fingerprint density at radius 1 is 1.12 bits per heavy atom. The zero-order chi connectivity index (χ0) is 17.4. The Balaban J connectivity index is 2.11. The molecule has 2 rings (SSSR count).